The predicted molar refractivity (Wildman–Crippen MR) is 148 cm³/mol. The summed E-state index contributed by atoms with van der Waals surface area (Å²) in [5.74, 6) is 0.874. The largest absolute Gasteiger partial charge is 0.494 e. The number of imidazole rings is 1. The lowest BCUT2D eigenvalue weighted by Crippen LogP contribution is -2.45. The van der Waals surface area contributed by atoms with Gasteiger partial charge in [0.15, 0.2) is 5.82 Å². The van der Waals surface area contributed by atoms with Crippen LogP contribution in [-0.2, 0) is 15.0 Å². The van der Waals surface area contributed by atoms with Gasteiger partial charge < -0.3 is 29.1 Å². The third-order valence-electron chi connectivity index (χ3n) is 7.07. The van der Waals surface area contributed by atoms with E-state index in [0.29, 0.717) is 34.9 Å². The van der Waals surface area contributed by atoms with Crippen LogP contribution in [0.25, 0.3) is 33.6 Å². The van der Waals surface area contributed by atoms with Crippen LogP contribution in [0, 0.1) is 0 Å². The van der Waals surface area contributed by atoms with Gasteiger partial charge in [-0.1, -0.05) is 6.92 Å². The van der Waals surface area contributed by atoms with Crippen LogP contribution < -0.4 is 10.1 Å². The normalized spacial score (nSPS) is 15.3. The van der Waals surface area contributed by atoms with Crippen molar-refractivity contribution in [3.05, 3.63) is 41.6 Å². The molecule has 1 unspecified atom stereocenters. The van der Waals surface area contributed by atoms with E-state index in [1.165, 1.54) is 7.11 Å². The molecule has 2 N–H and O–H groups in total. The summed E-state index contributed by atoms with van der Waals surface area (Å²) >= 11 is 0. The number of methoxy groups -OCH3 is 2. The van der Waals surface area contributed by atoms with Crippen LogP contribution in [-0.4, -0.2) is 51.4 Å². The van der Waals surface area contributed by atoms with E-state index in [0.717, 1.165) is 41.0 Å². The van der Waals surface area contributed by atoms with E-state index in [-0.39, 0.29) is 0 Å². The van der Waals surface area contributed by atoms with Gasteiger partial charge in [0.2, 0.25) is 0 Å². The molecule has 4 aromatic rings. The number of alkyl carbamates (subject to hydrolysis) is 1. The zero-order valence-electron chi connectivity index (χ0n) is 23.5. The molecule has 1 aromatic carbocycles. The summed E-state index contributed by atoms with van der Waals surface area (Å²) in [4.78, 5) is 38.1. The fraction of sp³-hybridized carbons (Fsp3) is 0.448. The Balaban J connectivity index is 1.57. The van der Waals surface area contributed by atoms with Gasteiger partial charge in [0.1, 0.15) is 22.5 Å². The molecule has 0 saturated heterocycles. The number of nitrogens with one attached hydrogen (secondary N) is 2. The van der Waals surface area contributed by atoms with Gasteiger partial charge in [0.05, 0.1) is 42.2 Å². The minimum Gasteiger partial charge on any atom is -0.494 e. The SMILES string of the molecule is CCC(C)(NC(=O)OC(C)(C)C)c1ccc2cc(-c3nc4cc(C(=O)OC)cc(OC)c4n3C3CC3)[nH]c2n1. The predicted octanol–water partition coefficient (Wildman–Crippen LogP) is 5.86. The Hall–Kier alpha value is -4.08. The highest BCUT2D eigenvalue weighted by molar-refractivity contribution is 5.97. The van der Waals surface area contributed by atoms with Crippen LogP contribution in [0.1, 0.15) is 76.0 Å². The van der Waals surface area contributed by atoms with Crippen molar-refractivity contribution in [1.82, 2.24) is 24.8 Å². The number of pyridine rings is 1. The molecule has 3 heterocycles. The number of aromatic amines is 1. The zero-order chi connectivity index (χ0) is 28.1. The molecule has 5 rings (SSSR count). The Morgan fingerprint density at radius 1 is 1.10 bits per heavy atom. The molecule has 1 atom stereocenters. The fourth-order valence-corrected chi connectivity index (χ4v) is 4.76. The number of amides is 1. The maximum absolute atomic E-state index is 12.6. The first-order chi connectivity index (χ1) is 18.5. The molecule has 39 heavy (non-hydrogen) atoms. The average molecular weight is 534 g/mol. The van der Waals surface area contributed by atoms with Crippen molar-refractivity contribution in [2.75, 3.05) is 14.2 Å². The van der Waals surface area contributed by atoms with Crippen molar-refractivity contribution in [3.63, 3.8) is 0 Å². The van der Waals surface area contributed by atoms with E-state index < -0.39 is 23.2 Å². The number of hydrogen-bond acceptors (Lipinski definition) is 7. The lowest BCUT2D eigenvalue weighted by atomic mass is 9.94. The van der Waals surface area contributed by atoms with Gasteiger partial charge in [-0.25, -0.2) is 19.6 Å². The minimum atomic E-state index is -0.722. The second kappa shape index (κ2) is 9.59. The highest BCUT2D eigenvalue weighted by Crippen LogP contribution is 2.44. The number of hydrogen-bond donors (Lipinski definition) is 2. The molecule has 1 fully saturated rings. The Kier molecular flexibility index (Phi) is 6.52. The van der Waals surface area contributed by atoms with Crippen LogP contribution in [0.15, 0.2) is 30.3 Å². The van der Waals surface area contributed by atoms with Gasteiger partial charge >= 0.3 is 12.1 Å². The van der Waals surface area contributed by atoms with Crippen molar-refractivity contribution >= 4 is 34.1 Å². The van der Waals surface area contributed by atoms with Gasteiger partial charge in [0.25, 0.3) is 0 Å². The summed E-state index contributed by atoms with van der Waals surface area (Å²) in [6.07, 6.45) is 2.21. The van der Waals surface area contributed by atoms with Crippen molar-refractivity contribution in [3.8, 4) is 17.3 Å². The van der Waals surface area contributed by atoms with Crippen LogP contribution in [0.2, 0.25) is 0 Å². The second-order valence-electron chi connectivity index (χ2n) is 11.2. The van der Waals surface area contributed by atoms with E-state index in [1.807, 2.05) is 52.8 Å². The topological polar surface area (TPSA) is 120 Å². The van der Waals surface area contributed by atoms with Gasteiger partial charge in [-0.3, -0.25) is 0 Å². The maximum Gasteiger partial charge on any atom is 0.408 e. The smallest absolute Gasteiger partial charge is 0.408 e. The number of rotatable bonds is 7. The van der Waals surface area contributed by atoms with E-state index in [9.17, 15) is 9.59 Å². The molecule has 0 spiro atoms. The first-order valence-electron chi connectivity index (χ1n) is 13.2. The molecule has 0 radical (unpaired) electrons. The molecule has 1 amide bonds. The number of esters is 1. The van der Waals surface area contributed by atoms with Crippen molar-refractivity contribution < 1.29 is 23.8 Å². The molecule has 1 saturated carbocycles. The van der Waals surface area contributed by atoms with Gasteiger partial charge in [-0.15, -0.1) is 0 Å². The number of fused-ring (bicyclic) bond motifs is 2. The van der Waals surface area contributed by atoms with Crippen LogP contribution in [0.4, 0.5) is 4.79 Å². The van der Waals surface area contributed by atoms with Crippen molar-refractivity contribution in [1.29, 1.82) is 0 Å². The number of nitrogens with zero attached hydrogens (tertiary/aromatic N) is 3. The quantitative estimate of drug-likeness (QED) is 0.286. The highest BCUT2D eigenvalue weighted by Gasteiger charge is 2.33. The Bertz CT molecular complexity index is 1580. The fourth-order valence-electron chi connectivity index (χ4n) is 4.76. The first kappa shape index (κ1) is 26.5. The van der Waals surface area contributed by atoms with E-state index >= 15 is 0 Å². The number of aromatic nitrogens is 4. The average Bonchev–Trinajstić information content (AvgIpc) is 3.51. The monoisotopic (exact) mass is 533 g/mol. The Morgan fingerprint density at radius 2 is 1.85 bits per heavy atom. The van der Waals surface area contributed by atoms with Gasteiger partial charge in [-0.2, -0.15) is 0 Å². The summed E-state index contributed by atoms with van der Waals surface area (Å²) < 4.78 is 18.3. The molecule has 0 bridgehead atoms. The Labute approximate surface area is 227 Å². The number of ether oxygens (including phenoxy) is 3. The summed E-state index contributed by atoms with van der Waals surface area (Å²) in [5, 5.41) is 3.91. The molecule has 10 heteroatoms. The molecule has 1 aliphatic rings. The molecule has 1 aliphatic carbocycles. The van der Waals surface area contributed by atoms with Crippen LogP contribution >= 0.6 is 0 Å². The molecular formula is C29H35N5O5. The first-order valence-corrected chi connectivity index (χ1v) is 13.2. The number of carbonyl (C=O) groups excluding carboxylic acids is 2. The minimum absolute atomic E-state index is 0.291. The third kappa shape index (κ3) is 5.03. The summed E-state index contributed by atoms with van der Waals surface area (Å²) in [7, 11) is 2.94. The maximum atomic E-state index is 12.6. The number of carbonyl (C=O) groups is 2. The molecule has 206 valence electrons. The summed E-state index contributed by atoms with van der Waals surface area (Å²) in [6, 6.07) is 9.66. The summed E-state index contributed by atoms with van der Waals surface area (Å²) in [5.41, 5.74) is 2.77. The lowest BCUT2D eigenvalue weighted by molar-refractivity contribution is 0.0455. The van der Waals surface area contributed by atoms with E-state index in [4.69, 9.17) is 24.2 Å². The zero-order valence-corrected chi connectivity index (χ0v) is 23.5. The number of H-pyrrole nitrogens is 1. The van der Waals surface area contributed by atoms with Gasteiger partial charge in [0, 0.05) is 11.4 Å². The number of benzene rings is 1. The lowest BCUT2D eigenvalue weighted by Gasteiger charge is -2.30. The van der Waals surface area contributed by atoms with Crippen LogP contribution in [0.3, 0.4) is 0 Å². The molecular weight excluding hydrogens is 498 g/mol. The van der Waals surface area contributed by atoms with E-state index in [2.05, 4.69) is 14.9 Å². The van der Waals surface area contributed by atoms with E-state index in [1.54, 1.807) is 19.2 Å². The Morgan fingerprint density at radius 3 is 2.46 bits per heavy atom. The third-order valence-corrected chi connectivity index (χ3v) is 7.07. The van der Waals surface area contributed by atoms with Crippen LogP contribution in [0.5, 0.6) is 5.75 Å². The molecule has 0 aliphatic heterocycles. The molecule has 3 aromatic heterocycles. The second-order valence-corrected chi connectivity index (χ2v) is 11.2. The van der Waals surface area contributed by atoms with Gasteiger partial charge in [-0.05, 0) is 77.3 Å². The highest BCUT2D eigenvalue weighted by atomic mass is 16.6. The standard InChI is InChI=1S/C29H35N5O5/c1-8-29(5,33-27(36)39-28(2,3)4)22-12-9-16-13-20(30-24(16)32-22)25-31-19-14-17(26(35)38-7)15-21(37-6)23(19)34(25)18-10-11-18/h9,12-15,18H,8,10-11H2,1-7H3,(H,30,32)(H,33,36). The summed E-state index contributed by atoms with van der Waals surface area (Å²) in [6.45, 7) is 9.44. The van der Waals surface area contributed by atoms with Crippen molar-refractivity contribution in [2.45, 2.75) is 71.1 Å². The molecule has 10 nitrogen and oxygen atoms in total. The van der Waals surface area contributed by atoms with Crippen molar-refractivity contribution in [2.24, 2.45) is 0 Å².